The molecule has 0 aromatic carbocycles. The molecule has 6 heteroatoms. The molecule has 6 nitrogen and oxygen atoms in total. The Labute approximate surface area is 86.1 Å². The van der Waals surface area contributed by atoms with Gasteiger partial charge in [-0.2, -0.15) is 5.10 Å². The molecule has 0 aliphatic rings. The highest BCUT2D eigenvalue weighted by Crippen LogP contribution is 2.19. The van der Waals surface area contributed by atoms with Crippen molar-refractivity contribution in [2.24, 2.45) is 0 Å². The molecule has 2 aromatic heterocycles. The van der Waals surface area contributed by atoms with Gasteiger partial charge in [0, 0.05) is 6.20 Å². The van der Waals surface area contributed by atoms with Crippen LogP contribution in [-0.2, 0) is 0 Å². The molecule has 0 unspecified atom stereocenters. The maximum atomic E-state index is 9.51. The Hall–Kier alpha value is -1.79. The summed E-state index contributed by atoms with van der Waals surface area (Å²) in [6.45, 7) is 0.0423. The van der Waals surface area contributed by atoms with E-state index in [9.17, 15) is 5.21 Å². The number of hydroxylamine groups is 1. The minimum absolute atomic E-state index is 0.115. The normalized spacial score (nSPS) is 10.8. The molecule has 0 saturated carbocycles. The molecule has 2 rings (SSSR count). The number of hydrogen-bond donors (Lipinski definition) is 3. The number of nitrogen functional groups attached to an aromatic ring is 1. The van der Waals surface area contributed by atoms with Crippen LogP contribution in [0, 0.1) is 0 Å². The molecule has 0 aliphatic heterocycles. The molecular formula is C9H12N4O2. The topological polar surface area (TPSA) is 87.0 Å². The Morgan fingerprint density at radius 3 is 3.07 bits per heavy atom. The molecule has 0 fully saturated rings. The first-order chi connectivity index (χ1) is 7.22. The first-order valence-corrected chi connectivity index (χ1v) is 4.52. The molecule has 2 heterocycles. The Morgan fingerprint density at radius 2 is 2.33 bits per heavy atom. The van der Waals surface area contributed by atoms with Crippen LogP contribution in [0.3, 0.4) is 0 Å². The molecule has 4 N–H and O–H groups in total. The Kier molecular flexibility index (Phi) is 2.44. The first-order valence-electron chi connectivity index (χ1n) is 4.52. The predicted octanol–water partition coefficient (Wildman–Crippen LogP) is 0.104. The van der Waals surface area contributed by atoms with Crippen LogP contribution in [0.1, 0.15) is 0 Å². The zero-order valence-corrected chi connectivity index (χ0v) is 8.04. The van der Waals surface area contributed by atoms with Gasteiger partial charge in [0.25, 0.3) is 0 Å². The number of nitrogens with zero attached hydrogens (tertiary/aromatic N) is 3. The number of aromatic nitrogens is 2. The van der Waals surface area contributed by atoms with Crippen LogP contribution in [0.5, 0.6) is 0 Å². The van der Waals surface area contributed by atoms with Crippen LogP contribution < -0.4 is 10.8 Å². The van der Waals surface area contributed by atoms with Crippen molar-refractivity contribution in [3.8, 4) is 0 Å². The lowest BCUT2D eigenvalue weighted by Crippen LogP contribution is -2.21. The van der Waals surface area contributed by atoms with Crippen molar-refractivity contribution >= 4 is 16.9 Å². The van der Waals surface area contributed by atoms with Gasteiger partial charge in [-0.05, 0) is 12.1 Å². The van der Waals surface area contributed by atoms with E-state index in [1.807, 2.05) is 0 Å². The monoisotopic (exact) mass is 208 g/mol. The minimum atomic E-state index is -0.115. The summed E-state index contributed by atoms with van der Waals surface area (Å²) in [5.41, 5.74) is 7.54. The fourth-order valence-corrected chi connectivity index (χ4v) is 1.37. The van der Waals surface area contributed by atoms with Crippen LogP contribution in [0.15, 0.2) is 24.5 Å². The lowest BCUT2D eigenvalue weighted by molar-refractivity contribution is 0.210. The van der Waals surface area contributed by atoms with Gasteiger partial charge in [0.15, 0.2) is 0 Å². The molecule has 0 atom stereocenters. The molecule has 15 heavy (non-hydrogen) atoms. The minimum Gasteiger partial charge on any atom is -0.396 e. The lowest BCUT2D eigenvalue weighted by atomic mass is 10.3. The average molecular weight is 208 g/mol. The summed E-state index contributed by atoms with van der Waals surface area (Å²) in [5, 5.41) is 23.2. The summed E-state index contributed by atoms with van der Waals surface area (Å²) >= 11 is 0. The van der Waals surface area contributed by atoms with Gasteiger partial charge < -0.3 is 10.8 Å². The largest absolute Gasteiger partial charge is 0.396 e. The quantitative estimate of drug-likeness (QED) is 0.623. The molecular weight excluding hydrogens is 196 g/mol. The van der Waals surface area contributed by atoms with Gasteiger partial charge in [0.2, 0.25) is 0 Å². The maximum Gasteiger partial charge on any atom is 0.0912 e. The first kappa shape index (κ1) is 9.75. The van der Waals surface area contributed by atoms with E-state index in [2.05, 4.69) is 5.10 Å². The molecule has 0 radical (unpaired) electrons. The second kappa shape index (κ2) is 3.76. The molecule has 2 aromatic rings. The van der Waals surface area contributed by atoms with Crippen molar-refractivity contribution in [2.75, 3.05) is 23.9 Å². The molecule has 0 bridgehead atoms. The number of fused-ring (bicyclic) bond motifs is 1. The number of anilines is 2. The van der Waals surface area contributed by atoms with Crippen molar-refractivity contribution in [2.45, 2.75) is 0 Å². The summed E-state index contributed by atoms with van der Waals surface area (Å²) in [5.74, 6) is 0. The number of pyridine rings is 1. The number of aliphatic hydroxyl groups is 1. The van der Waals surface area contributed by atoms with E-state index < -0.39 is 0 Å². The second-order valence-corrected chi connectivity index (χ2v) is 3.16. The van der Waals surface area contributed by atoms with Crippen molar-refractivity contribution in [3.05, 3.63) is 24.5 Å². The SMILES string of the molecule is Nc1cnn2ccc(N(O)CCO)cc12. The van der Waals surface area contributed by atoms with Gasteiger partial charge in [0.1, 0.15) is 0 Å². The zero-order chi connectivity index (χ0) is 10.8. The molecule has 0 saturated heterocycles. The number of rotatable bonds is 3. The van der Waals surface area contributed by atoms with E-state index in [1.54, 1.807) is 29.0 Å². The number of nitrogens with two attached hydrogens (primary N) is 1. The Balaban J connectivity index is 2.41. The van der Waals surface area contributed by atoms with Crippen LogP contribution in [0.2, 0.25) is 0 Å². The Bertz CT molecular complexity index is 468. The van der Waals surface area contributed by atoms with Gasteiger partial charge in [-0.3, -0.25) is 10.3 Å². The highest BCUT2D eigenvalue weighted by atomic mass is 16.5. The molecule has 80 valence electrons. The van der Waals surface area contributed by atoms with Crippen LogP contribution >= 0.6 is 0 Å². The van der Waals surface area contributed by atoms with E-state index in [0.29, 0.717) is 11.4 Å². The standard InChI is InChI=1S/C9H12N4O2/c10-8-6-11-12-2-1-7(5-9(8)12)13(15)3-4-14/h1-2,5-6,14-15H,3-4,10H2. The average Bonchev–Trinajstić information content (AvgIpc) is 2.60. The fraction of sp³-hybridized carbons (Fsp3) is 0.222. The summed E-state index contributed by atoms with van der Waals surface area (Å²) < 4.78 is 1.62. The predicted molar refractivity (Wildman–Crippen MR) is 55.8 cm³/mol. The van der Waals surface area contributed by atoms with Crippen LogP contribution in [-0.4, -0.2) is 33.1 Å². The third kappa shape index (κ3) is 1.72. The summed E-state index contributed by atoms with van der Waals surface area (Å²) in [4.78, 5) is 0. The Morgan fingerprint density at radius 1 is 1.53 bits per heavy atom. The highest BCUT2D eigenvalue weighted by molar-refractivity contribution is 5.72. The smallest absolute Gasteiger partial charge is 0.0912 e. The number of hydrogen-bond acceptors (Lipinski definition) is 5. The lowest BCUT2D eigenvalue weighted by Gasteiger charge is -2.15. The van der Waals surface area contributed by atoms with Crippen molar-refractivity contribution in [3.63, 3.8) is 0 Å². The maximum absolute atomic E-state index is 9.51. The van der Waals surface area contributed by atoms with E-state index in [1.165, 1.54) is 0 Å². The molecule has 0 amide bonds. The van der Waals surface area contributed by atoms with Crippen LogP contribution in [0.25, 0.3) is 5.52 Å². The summed E-state index contributed by atoms with van der Waals surface area (Å²) in [6, 6.07) is 3.40. The van der Waals surface area contributed by atoms with Gasteiger partial charge in [-0.1, -0.05) is 0 Å². The molecule has 0 aliphatic carbocycles. The number of aliphatic hydroxyl groups excluding tert-OH is 1. The summed E-state index contributed by atoms with van der Waals surface area (Å²) in [6.07, 6.45) is 3.24. The van der Waals surface area contributed by atoms with E-state index in [0.717, 1.165) is 10.6 Å². The van der Waals surface area contributed by atoms with Crippen LogP contribution in [0.4, 0.5) is 11.4 Å². The summed E-state index contributed by atoms with van der Waals surface area (Å²) in [7, 11) is 0. The second-order valence-electron chi connectivity index (χ2n) is 3.16. The van der Waals surface area contributed by atoms with E-state index >= 15 is 0 Å². The van der Waals surface area contributed by atoms with E-state index in [-0.39, 0.29) is 13.2 Å². The van der Waals surface area contributed by atoms with Gasteiger partial charge in [0.05, 0.1) is 36.2 Å². The highest BCUT2D eigenvalue weighted by Gasteiger charge is 2.05. The van der Waals surface area contributed by atoms with Crippen molar-refractivity contribution in [1.82, 2.24) is 9.61 Å². The third-order valence-corrected chi connectivity index (χ3v) is 2.14. The fourth-order valence-electron chi connectivity index (χ4n) is 1.37. The third-order valence-electron chi connectivity index (χ3n) is 2.14. The molecule has 0 spiro atoms. The van der Waals surface area contributed by atoms with Gasteiger partial charge >= 0.3 is 0 Å². The van der Waals surface area contributed by atoms with Gasteiger partial charge in [-0.25, -0.2) is 4.52 Å². The zero-order valence-electron chi connectivity index (χ0n) is 8.04. The van der Waals surface area contributed by atoms with Crippen molar-refractivity contribution in [1.29, 1.82) is 0 Å². The van der Waals surface area contributed by atoms with Gasteiger partial charge in [-0.15, -0.1) is 0 Å². The van der Waals surface area contributed by atoms with E-state index in [4.69, 9.17) is 10.8 Å². The van der Waals surface area contributed by atoms with Crippen molar-refractivity contribution < 1.29 is 10.3 Å².